The highest BCUT2D eigenvalue weighted by atomic mass is 16.2. The van der Waals surface area contributed by atoms with Gasteiger partial charge in [0.25, 0.3) is 5.91 Å². The zero-order valence-corrected chi connectivity index (χ0v) is 17.9. The van der Waals surface area contributed by atoms with Crippen LogP contribution in [0.1, 0.15) is 47.7 Å². The van der Waals surface area contributed by atoms with Gasteiger partial charge in [-0.05, 0) is 49.4 Å². The lowest BCUT2D eigenvalue weighted by Gasteiger charge is -2.12. The number of unbranched alkanes of at least 4 members (excludes halogenated alkanes) is 2. The summed E-state index contributed by atoms with van der Waals surface area (Å²) in [7, 11) is 3.52. The number of nitrogens with zero attached hydrogens (tertiary/aromatic N) is 2. The first-order chi connectivity index (χ1) is 14.1. The van der Waals surface area contributed by atoms with Gasteiger partial charge in [0, 0.05) is 32.7 Å². The molecule has 0 radical (unpaired) electrons. The molecule has 156 valence electrons. The van der Waals surface area contributed by atoms with Crippen LogP contribution in [0.3, 0.4) is 0 Å². The molecule has 0 saturated carbocycles. The van der Waals surface area contributed by atoms with Crippen molar-refractivity contribution in [3.8, 4) is 0 Å². The number of amides is 1. The van der Waals surface area contributed by atoms with Gasteiger partial charge in [-0.2, -0.15) is 0 Å². The van der Waals surface area contributed by atoms with Crippen molar-refractivity contribution < 1.29 is 4.79 Å². The van der Waals surface area contributed by atoms with Crippen molar-refractivity contribution in [1.82, 2.24) is 15.5 Å². The Bertz CT molecular complexity index is 754. The van der Waals surface area contributed by atoms with E-state index in [-0.39, 0.29) is 5.91 Å². The molecule has 0 atom stereocenters. The molecular formula is C24H34N4O. The highest BCUT2D eigenvalue weighted by Gasteiger charge is 2.07. The smallest absolute Gasteiger partial charge is 0.253 e. The predicted molar refractivity (Wildman–Crippen MR) is 121 cm³/mol. The van der Waals surface area contributed by atoms with Crippen molar-refractivity contribution in [3.05, 3.63) is 71.3 Å². The van der Waals surface area contributed by atoms with E-state index < -0.39 is 0 Å². The molecule has 2 aromatic carbocycles. The monoisotopic (exact) mass is 394 g/mol. The molecule has 0 unspecified atom stereocenters. The maximum atomic E-state index is 12.0. The Hall–Kier alpha value is -2.82. The maximum Gasteiger partial charge on any atom is 0.253 e. The Morgan fingerprint density at radius 3 is 2.28 bits per heavy atom. The third-order valence-electron chi connectivity index (χ3n) is 4.65. The molecule has 0 bridgehead atoms. The van der Waals surface area contributed by atoms with E-state index >= 15 is 0 Å². The number of hydrogen-bond donors (Lipinski definition) is 2. The summed E-state index contributed by atoms with van der Waals surface area (Å²) >= 11 is 0. The number of aryl methyl sites for hydroxylation is 1. The summed E-state index contributed by atoms with van der Waals surface area (Å²) in [5, 5.41) is 6.70. The van der Waals surface area contributed by atoms with Crippen LogP contribution >= 0.6 is 0 Å². The maximum absolute atomic E-state index is 12.0. The quantitative estimate of drug-likeness (QED) is 0.366. The summed E-state index contributed by atoms with van der Waals surface area (Å²) in [6, 6.07) is 18.3. The van der Waals surface area contributed by atoms with Crippen LogP contribution in [-0.4, -0.2) is 44.0 Å². The SMILES string of the molecule is CCNC(=NCc1ccc(C(=O)N(C)C)cc1)NCCCCCc1ccccc1. The van der Waals surface area contributed by atoms with Crippen LogP contribution in [0.15, 0.2) is 59.6 Å². The molecule has 2 N–H and O–H groups in total. The third kappa shape index (κ3) is 8.38. The number of hydrogen-bond acceptors (Lipinski definition) is 2. The molecule has 0 spiro atoms. The molecule has 0 saturated heterocycles. The van der Waals surface area contributed by atoms with Crippen molar-refractivity contribution in [2.45, 2.75) is 39.2 Å². The Morgan fingerprint density at radius 2 is 1.62 bits per heavy atom. The molecule has 5 heteroatoms. The Balaban J connectivity index is 1.73. The molecule has 0 aromatic heterocycles. The second-order valence-corrected chi connectivity index (χ2v) is 7.31. The molecule has 29 heavy (non-hydrogen) atoms. The largest absolute Gasteiger partial charge is 0.357 e. The zero-order chi connectivity index (χ0) is 20.9. The predicted octanol–water partition coefficient (Wildman–Crippen LogP) is 3.86. The molecule has 0 fully saturated rings. The zero-order valence-electron chi connectivity index (χ0n) is 17.9. The average molecular weight is 395 g/mol. The van der Waals surface area contributed by atoms with Crippen molar-refractivity contribution in [2.75, 3.05) is 27.2 Å². The standard InChI is InChI=1S/C24H34N4O/c1-4-25-24(26-18-10-6-9-13-20-11-7-5-8-12-20)27-19-21-14-16-22(17-15-21)23(29)28(2)3/h5,7-8,11-12,14-17H,4,6,9-10,13,18-19H2,1-3H3,(H2,25,26,27). The van der Waals surface area contributed by atoms with Gasteiger partial charge in [-0.3, -0.25) is 4.79 Å². The first-order valence-electron chi connectivity index (χ1n) is 10.5. The van der Waals surface area contributed by atoms with Crippen molar-refractivity contribution in [1.29, 1.82) is 0 Å². The number of nitrogens with one attached hydrogen (secondary N) is 2. The molecule has 0 heterocycles. The summed E-state index contributed by atoms with van der Waals surface area (Å²) < 4.78 is 0. The minimum absolute atomic E-state index is 0.0160. The molecule has 0 aliphatic carbocycles. The van der Waals surface area contributed by atoms with Crippen molar-refractivity contribution in [2.24, 2.45) is 4.99 Å². The molecule has 5 nitrogen and oxygen atoms in total. The van der Waals surface area contributed by atoms with Crippen LogP contribution in [0.5, 0.6) is 0 Å². The number of guanidine groups is 1. The fourth-order valence-corrected chi connectivity index (χ4v) is 3.01. The van der Waals surface area contributed by atoms with Crippen LogP contribution in [0.25, 0.3) is 0 Å². The fourth-order valence-electron chi connectivity index (χ4n) is 3.01. The van der Waals surface area contributed by atoms with E-state index in [1.807, 2.05) is 24.3 Å². The highest BCUT2D eigenvalue weighted by Crippen LogP contribution is 2.08. The minimum Gasteiger partial charge on any atom is -0.357 e. The van der Waals surface area contributed by atoms with Crippen LogP contribution < -0.4 is 10.6 Å². The van der Waals surface area contributed by atoms with Crippen LogP contribution in [-0.2, 0) is 13.0 Å². The first kappa shape index (κ1) is 22.5. The van der Waals surface area contributed by atoms with Gasteiger partial charge in [0.05, 0.1) is 6.54 Å². The summed E-state index contributed by atoms with van der Waals surface area (Å²) in [6.45, 7) is 4.39. The van der Waals surface area contributed by atoms with Gasteiger partial charge in [0.2, 0.25) is 0 Å². The normalized spacial score (nSPS) is 11.2. The summed E-state index contributed by atoms with van der Waals surface area (Å²) in [5.41, 5.74) is 3.19. The third-order valence-corrected chi connectivity index (χ3v) is 4.65. The number of benzene rings is 2. The Morgan fingerprint density at radius 1 is 0.897 bits per heavy atom. The van der Waals surface area contributed by atoms with E-state index in [2.05, 4.69) is 52.9 Å². The molecule has 0 aliphatic rings. The topological polar surface area (TPSA) is 56.7 Å². The second kappa shape index (κ2) is 12.6. The summed E-state index contributed by atoms with van der Waals surface area (Å²) in [5.74, 6) is 0.853. The molecule has 1 amide bonds. The fraction of sp³-hybridized carbons (Fsp3) is 0.417. The molecule has 0 aliphatic heterocycles. The van der Waals surface area contributed by atoms with Gasteiger partial charge in [0.15, 0.2) is 5.96 Å². The van der Waals surface area contributed by atoms with E-state index in [0.717, 1.165) is 37.5 Å². The second-order valence-electron chi connectivity index (χ2n) is 7.31. The van der Waals surface area contributed by atoms with E-state index in [9.17, 15) is 4.79 Å². The van der Waals surface area contributed by atoms with E-state index in [1.54, 1.807) is 19.0 Å². The van der Waals surface area contributed by atoms with Crippen LogP contribution in [0.2, 0.25) is 0 Å². The summed E-state index contributed by atoms with van der Waals surface area (Å²) in [4.78, 5) is 18.2. The van der Waals surface area contributed by atoms with Gasteiger partial charge >= 0.3 is 0 Å². The number of carbonyl (C=O) groups is 1. The van der Waals surface area contributed by atoms with Gasteiger partial charge < -0.3 is 15.5 Å². The Kier molecular flexibility index (Phi) is 9.76. The minimum atomic E-state index is 0.0160. The molecule has 2 rings (SSSR count). The van der Waals surface area contributed by atoms with Gasteiger partial charge in [-0.25, -0.2) is 4.99 Å². The highest BCUT2D eigenvalue weighted by molar-refractivity contribution is 5.93. The lowest BCUT2D eigenvalue weighted by molar-refractivity contribution is 0.0827. The number of rotatable bonds is 10. The average Bonchev–Trinajstić information content (AvgIpc) is 2.74. The molecule has 2 aromatic rings. The van der Waals surface area contributed by atoms with Crippen molar-refractivity contribution in [3.63, 3.8) is 0 Å². The van der Waals surface area contributed by atoms with E-state index in [4.69, 9.17) is 0 Å². The van der Waals surface area contributed by atoms with Crippen LogP contribution in [0.4, 0.5) is 0 Å². The van der Waals surface area contributed by atoms with Crippen LogP contribution in [0, 0.1) is 0 Å². The van der Waals surface area contributed by atoms with Crippen molar-refractivity contribution >= 4 is 11.9 Å². The van der Waals surface area contributed by atoms with Gasteiger partial charge in [-0.1, -0.05) is 48.9 Å². The number of carbonyl (C=O) groups excluding carboxylic acids is 1. The van der Waals surface area contributed by atoms with E-state index in [1.165, 1.54) is 18.4 Å². The van der Waals surface area contributed by atoms with Gasteiger partial charge in [0.1, 0.15) is 0 Å². The van der Waals surface area contributed by atoms with E-state index in [0.29, 0.717) is 12.1 Å². The number of aliphatic imine (C=N–C) groups is 1. The molecular weight excluding hydrogens is 360 g/mol. The Labute approximate surface area is 175 Å². The lowest BCUT2D eigenvalue weighted by Crippen LogP contribution is -2.37. The first-order valence-corrected chi connectivity index (χ1v) is 10.5. The summed E-state index contributed by atoms with van der Waals surface area (Å²) in [6.07, 6.45) is 4.67. The lowest BCUT2D eigenvalue weighted by atomic mass is 10.1. The van der Waals surface area contributed by atoms with Gasteiger partial charge in [-0.15, -0.1) is 0 Å².